The van der Waals surface area contributed by atoms with Crippen molar-refractivity contribution >= 4 is 5.82 Å². The Balaban J connectivity index is 1.56. The molecule has 3 aromatic rings. The van der Waals surface area contributed by atoms with Gasteiger partial charge in [0.1, 0.15) is 5.82 Å². The van der Waals surface area contributed by atoms with E-state index in [1.54, 1.807) is 20.4 Å². The first kappa shape index (κ1) is 17.3. The molecule has 0 aliphatic carbocycles. The lowest BCUT2D eigenvalue weighted by atomic mass is 10.1. The summed E-state index contributed by atoms with van der Waals surface area (Å²) in [7, 11) is 3.17. The lowest BCUT2D eigenvalue weighted by Crippen LogP contribution is -2.22. The standard InChI is InChI=1S/C19H21N5O3/c1-25-15-5-3-4-14(17(15)26-2)18-23-19(27-24-18)12-6-7-16(21-10-12)22-13-8-9-20-11-13/h3-7,10,13,20H,8-9,11H2,1-2H3,(H,21,22)/t13-/m0/s1. The lowest BCUT2D eigenvalue weighted by molar-refractivity contribution is 0.355. The number of hydrogen-bond donors (Lipinski definition) is 2. The van der Waals surface area contributed by atoms with Crippen LogP contribution in [0.4, 0.5) is 5.82 Å². The van der Waals surface area contributed by atoms with Crippen LogP contribution in [0.1, 0.15) is 6.42 Å². The van der Waals surface area contributed by atoms with Gasteiger partial charge < -0.3 is 24.6 Å². The first-order valence-electron chi connectivity index (χ1n) is 8.77. The molecule has 140 valence electrons. The molecule has 1 aliphatic heterocycles. The number of methoxy groups -OCH3 is 2. The van der Waals surface area contributed by atoms with E-state index in [2.05, 4.69) is 25.8 Å². The van der Waals surface area contributed by atoms with Crippen LogP contribution in [-0.2, 0) is 0 Å². The maximum absolute atomic E-state index is 5.44. The Morgan fingerprint density at radius 3 is 2.81 bits per heavy atom. The average Bonchev–Trinajstić information content (AvgIpc) is 3.40. The Hall–Kier alpha value is -3.13. The fraction of sp³-hybridized carbons (Fsp3) is 0.316. The van der Waals surface area contributed by atoms with Gasteiger partial charge >= 0.3 is 0 Å². The lowest BCUT2D eigenvalue weighted by Gasteiger charge is -2.11. The van der Waals surface area contributed by atoms with Gasteiger partial charge in [0.15, 0.2) is 11.5 Å². The summed E-state index contributed by atoms with van der Waals surface area (Å²) in [5.41, 5.74) is 1.46. The maximum Gasteiger partial charge on any atom is 0.259 e. The molecule has 1 fully saturated rings. The molecule has 0 spiro atoms. The van der Waals surface area contributed by atoms with E-state index in [1.165, 1.54) is 0 Å². The smallest absolute Gasteiger partial charge is 0.259 e. The van der Waals surface area contributed by atoms with E-state index in [-0.39, 0.29) is 0 Å². The maximum atomic E-state index is 5.44. The van der Waals surface area contributed by atoms with E-state index >= 15 is 0 Å². The Bertz CT molecular complexity index is 904. The molecule has 2 aromatic heterocycles. The van der Waals surface area contributed by atoms with Crippen LogP contribution in [0, 0.1) is 0 Å². The number of benzene rings is 1. The molecule has 2 N–H and O–H groups in total. The Morgan fingerprint density at radius 2 is 2.11 bits per heavy atom. The molecule has 0 bridgehead atoms. The van der Waals surface area contributed by atoms with Crippen LogP contribution in [0.2, 0.25) is 0 Å². The van der Waals surface area contributed by atoms with E-state index < -0.39 is 0 Å². The van der Waals surface area contributed by atoms with E-state index in [9.17, 15) is 0 Å². The van der Waals surface area contributed by atoms with Crippen LogP contribution in [0.25, 0.3) is 22.8 Å². The van der Waals surface area contributed by atoms with E-state index in [0.29, 0.717) is 34.8 Å². The third-order valence-electron chi connectivity index (χ3n) is 4.49. The summed E-state index contributed by atoms with van der Waals surface area (Å²) >= 11 is 0. The molecule has 4 rings (SSSR count). The third kappa shape index (κ3) is 3.56. The summed E-state index contributed by atoms with van der Waals surface area (Å²) in [6.45, 7) is 1.99. The summed E-state index contributed by atoms with van der Waals surface area (Å²) in [4.78, 5) is 8.93. The highest BCUT2D eigenvalue weighted by molar-refractivity contribution is 5.69. The molecule has 1 atom stereocenters. The molecule has 0 amide bonds. The van der Waals surface area contributed by atoms with Gasteiger partial charge in [-0.2, -0.15) is 4.98 Å². The zero-order valence-corrected chi connectivity index (χ0v) is 15.2. The summed E-state index contributed by atoms with van der Waals surface area (Å²) in [6, 6.07) is 9.78. The van der Waals surface area contributed by atoms with E-state index in [1.807, 2.05) is 30.3 Å². The summed E-state index contributed by atoms with van der Waals surface area (Å²) in [5, 5.41) is 10.8. The van der Waals surface area contributed by atoms with E-state index in [4.69, 9.17) is 14.0 Å². The highest BCUT2D eigenvalue weighted by Crippen LogP contribution is 2.37. The second-order valence-electron chi connectivity index (χ2n) is 6.23. The van der Waals surface area contributed by atoms with Crippen LogP contribution in [-0.4, -0.2) is 48.5 Å². The van der Waals surface area contributed by atoms with Crippen LogP contribution in [0.5, 0.6) is 11.5 Å². The SMILES string of the molecule is COc1cccc(-c2noc(-c3ccc(N[C@H]4CCNC4)nc3)n2)c1OC. The van der Waals surface area contributed by atoms with Gasteiger partial charge in [0.25, 0.3) is 5.89 Å². The van der Waals surface area contributed by atoms with Crippen molar-refractivity contribution in [3.63, 3.8) is 0 Å². The zero-order chi connectivity index (χ0) is 18.6. The van der Waals surface area contributed by atoms with Crippen LogP contribution in [0.15, 0.2) is 41.1 Å². The quantitative estimate of drug-likeness (QED) is 0.687. The first-order chi connectivity index (χ1) is 13.3. The van der Waals surface area contributed by atoms with Gasteiger partial charge in [-0.15, -0.1) is 0 Å². The Kier molecular flexibility index (Phi) is 4.88. The van der Waals surface area contributed by atoms with Gasteiger partial charge in [-0.3, -0.25) is 0 Å². The van der Waals surface area contributed by atoms with Crippen molar-refractivity contribution < 1.29 is 14.0 Å². The molecule has 1 aromatic carbocycles. The largest absolute Gasteiger partial charge is 0.493 e. The molecule has 1 aliphatic rings. The van der Waals surface area contributed by atoms with Crippen molar-refractivity contribution in [1.29, 1.82) is 0 Å². The minimum atomic E-state index is 0.399. The van der Waals surface area contributed by atoms with Crippen molar-refractivity contribution in [2.75, 3.05) is 32.6 Å². The zero-order valence-electron chi connectivity index (χ0n) is 15.2. The predicted octanol–water partition coefficient (Wildman–Crippen LogP) is 2.59. The molecule has 1 saturated heterocycles. The van der Waals surface area contributed by atoms with Crippen molar-refractivity contribution in [3.05, 3.63) is 36.5 Å². The number of aromatic nitrogens is 3. The van der Waals surface area contributed by atoms with Gasteiger partial charge in [-0.05, 0) is 37.2 Å². The summed E-state index contributed by atoms with van der Waals surface area (Å²) in [5.74, 6) is 2.84. The number of nitrogens with one attached hydrogen (secondary N) is 2. The number of nitrogens with zero attached hydrogens (tertiary/aromatic N) is 3. The minimum absolute atomic E-state index is 0.399. The average molecular weight is 367 g/mol. The normalized spacial score (nSPS) is 16.3. The van der Waals surface area contributed by atoms with Gasteiger partial charge in [0, 0.05) is 18.8 Å². The van der Waals surface area contributed by atoms with Crippen LogP contribution in [0.3, 0.4) is 0 Å². The van der Waals surface area contributed by atoms with E-state index in [0.717, 1.165) is 30.9 Å². The number of ether oxygens (including phenoxy) is 2. The van der Waals surface area contributed by atoms with Crippen molar-refractivity contribution in [2.24, 2.45) is 0 Å². The summed E-state index contributed by atoms with van der Waals surface area (Å²) in [6.07, 6.45) is 2.82. The fourth-order valence-electron chi connectivity index (χ4n) is 3.11. The molecule has 0 radical (unpaired) electrons. The minimum Gasteiger partial charge on any atom is -0.493 e. The highest BCUT2D eigenvalue weighted by Gasteiger charge is 2.18. The fourth-order valence-corrected chi connectivity index (χ4v) is 3.11. The molecule has 27 heavy (non-hydrogen) atoms. The van der Waals surface area contributed by atoms with Gasteiger partial charge in [0.2, 0.25) is 5.82 Å². The molecule has 8 heteroatoms. The van der Waals surface area contributed by atoms with Crippen molar-refractivity contribution in [3.8, 4) is 34.3 Å². The number of rotatable bonds is 6. The number of para-hydroxylation sites is 1. The van der Waals surface area contributed by atoms with Crippen LogP contribution < -0.4 is 20.1 Å². The predicted molar refractivity (Wildman–Crippen MR) is 101 cm³/mol. The molecule has 8 nitrogen and oxygen atoms in total. The molecule has 0 unspecified atom stereocenters. The molecule has 3 heterocycles. The number of hydrogen-bond acceptors (Lipinski definition) is 8. The second-order valence-corrected chi connectivity index (χ2v) is 6.23. The second kappa shape index (κ2) is 7.63. The first-order valence-corrected chi connectivity index (χ1v) is 8.77. The number of anilines is 1. The molecule has 0 saturated carbocycles. The van der Waals surface area contributed by atoms with Gasteiger partial charge in [-0.1, -0.05) is 11.2 Å². The topological polar surface area (TPSA) is 94.3 Å². The number of pyridine rings is 1. The Labute approximate surface area is 156 Å². The van der Waals surface area contributed by atoms with Crippen LogP contribution >= 0.6 is 0 Å². The Morgan fingerprint density at radius 1 is 1.19 bits per heavy atom. The molecular formula is C19H21N5O3. The monoisotopic (exact) mass is 367 g/mol. The van der Waals surface area contributed by atoms with Gasteiger partial charge in [-0.25, -0.2) is 4.98 Å². The third-order valence-corrected chi connectivity index (χ3v) is 4.49. The van der Waals surface area contributed by atoms with Gasteiger partial charge in [0.05, 0.1) is 25.3 Å². The highest BCUT2D eigenvalue weighted by atomic mass is 16.5. The summed E-state index contributed by atoms with van der Waals surface area (Å²) < 4.78 is 16.2. The van der Waals surface area contributed by atoms with Crippen molar-refractivity contribution in [2.45, 2.75) is 12.5 Å². The van der Waals surface area contributed by atoms with Crippen molar-refractivity contribution in [1.82, 2.24) is 20.4 Å². The molecular weight excluding hydrogens is 346 g/mol.